The minimum Gasteiger partial charge on any atom is -0.382 e. The summed E-state index contributed by atoms with van der Waals surface area (Å²) in [6, 6.07) is 31.6. The Morgan fingerprint density at radius 1 is 0.314 bits per heavy atom. The highest BCUT2D eigenvalue weighted by Gasteiger charge is 2.27. The third-order valence-corrected chi connectivity index (χ3v) is 23.1. The van der Waals surface area contributed by atoms with E-state index in [1.807, 2.05) is 6.07 Å². The minimum atomic E-state index is 0.426. The van der Waals surface area contributed by atoms with Crippen LogP contribution in [0.5, 0.6) is 0 Å². The topological polar surface area (TPSA) is 113 Å². The highest BCUT2D eigenvalue weighted by Crippen LogP contribution is 2.39. The lowest BCUT2D eigenvalue weighted by Crippen LogP contribution is -2.26. The number of hydrogen-bond donors (Lipinski definition) is 4. The second-order valence-corrected chi connectivity index (χ2v) is 30.4. The summed E-state index contributed by atoms with van der Waals surface area (Å²) < 4.78 is 0. The molecule has 558 valence electrons. The number of hydrogen-bond acceptors (Lipinski definition) is 12. The van der Waals surface area contributed by atoms with Crippen LogP contribution in [0.2, 0.25) is 0 Å². The van der Waals surface area contributed by atoms with Crippen molar-refractivity contribution < 1.29 is 0 Å². The minimum absolute atomic E-state index is 0.426. The molecule has 0 bridgehead atoms. The summed E-state index contributed by atoms with van der Waals surface area (Å²) in [5.41, 5.74) is 24.5. The van der Waals surface area contributed by atoms with Crippen molar-refractivity contribution in [1.82, 2.24) is 39.5 Å². The molecule has 0 saturated carbocycles. The molecule has 0 aliphatic heterocycles. The summed E-state index contributed by atoms with van der Waals surface area (Å²) in [7, 11) is 0. The summed E-state index contributed by atoms with van der Waals surface area (Å²) >= 11 is 0. The number of para-hydroxylation sites is 2. The van der Waals surface area contributed by atoms with E-state index >= 15 is 0 Å². The van der Waals surface area contributed by atoms with Gasteiger partial charge in [-0.25, -0.2) is 4.98 Å². The first-order valence-electron chi connectivity index (χ1n) is 41.8. The third kappa shape index (κ3) is 23.2. The molecule has 12 rings (SSSR count). The summed E-state index contributed by atoms with van der Waals surface area (Å²) in [4.78, 5) is 30.0. The summed E-state index contributed by atoms with van der Waals surface area (Å²) in [5, 5.41) is 18.0. The maximum atomic E-state index is 5.08. The van der Waals surface area contributed by atoms with Gasteiger partial charge in [-0.2, -0.15) is 0 Å². The van der Waals surface area contributed by atoms with Crippen molar-refractivity contribution in [2.75, 3.05) is 99.8 Å². The average molecular weight is 1390 g/mol. The second-order valence-electron chi connectivity index (χ2n) is 30.4. The summed E-state index contributed by atoms with van der Waals surface area (Å²) in [6.07, 6.45) is 35.0. The molecule has 0 spiro atoms. The molecule has 4 N–H and O–H groups in total. The van der Waals surface area contributed by atoms with Crippen LogP contribution in [-0.4, -0.2) is 142 Å². The van der Waals surface area contributed by atoms with E-state index in [-0.39, 0.29) is 0 Å². The van der Waals surface area contributed by atoms with Gasteiger partial charge in [0, 0.05) is 91.7 Å². The number of nitrogens with zero attached hydrogens (tertiary/aromatic N) is 8. The maximum absolute atomic E-state index is 5.08. The summed E-state index contributed by atoms with van der Waals surface area (Å²) in [6.45, 7) is 41.5. The van der Waals surface area contributed by atoms with Crippen molar-refractivity contribution in [3.05, 3.63) is 141 Å². The van der Waals surface area contributed by atoms with Gasteiger partial charge in [-0.3, -0.25) is 15.0 Å². The SMILES string of the molecule is CCN(CC)CCCC(C)Nc1c2c(nc3c1CCCC3)CCCC2.CCN(CC)CCCC(C)Nc1c2c(nc3ccccc13)CCCC2.CCN(CC)CCCC(C)Nc1cc(-c2ccccc2)nc2ccccc12.CCN(CC)CCC[C@H](C)Nc1c2c(nc3c1CCCC3)CCCC2. The van der Waals surface area contributed by atoms with E-state index in [4.69, 9.17) is 19.9 Å². The van der Waals surface area contributed by atoms with E-state index in [1.54, 1.807) is 22.3 Å². The van der Waals surface area contributed by atoms with Gasteiger partial charge >= 0.3 is 0 Å². The van der Waals surface area contributed by atoms with Crippen molar-refractivity contribution in [2.24, 2.45) is 0 Å². The van der Waals surface area contributed by atoms with Crippen LogP contribution in [0.3, 0.4) is 0 Å². The van der Waals surface area contributed by atoms with Gasteiger partial charge in [-0.15, -0.1) is 0 Å². The van der Waals surface area contributed by atoms with Crippen LogP contribution >= 0.6 is 0 Å². The molecule has 0 saturated heterocycles. The Labute approximate surface area is 620 Å². The van der Waals surface area contributed by atoms with Gasteiger partial charge in [0.25, 0.3) is 0 Å². The maximum Gasteiger partial charge on any atom is 0.0730 e. The van der Waals surface area contributed by atoms with E-state index in [0.717, 1.165) is 61.3 Å². The molecule has 102 heavy (non-hydrogen) atoms. The average Bonchev–Trinajstić information content (AvgIpc) is 0.792. The Morgan fingerprint density at radius 3 is 0.980 bits per heavy atom. The van der Waals surface area contributed by atoms with Gasteiger partial charge in [0.15, 0.2) is 0 Å². The molecule has 4 atom stereocenters. The standard InChI is InChI=1S/C24H31N3.2C22H37N3.C22H33N3/c1-4-27(5-2)17-11-12-19(3)25-24-18-23(20-13-7-6-8-14-20)26-22-16-10-9-15-21(22)24;3*1-4-25(5-2)16-10-11-17(3)23-22-18-12-6-8-14-20(18)24-21-15-9-7-13-19(21)22/h6-10,13-16,18-19H,4-5,11-12,17H2,1-3H3,(H,25,26);2*17H,4-16H2,1-3H3,(H,23,24);6,8,12,14,17H,4-5,7,9-11,13,15-16H2,1-3H3,(H,23,24)/t;17-;;/m.0../s1. The van der Waals surface area contributed by atoms with Crippen molar-refractivity contribution in [1.29, 1.82) is 0 Å². The monoisotopic (exact) mass is 1390 g/mol. The molecule has 0 amide bonds. The van der Waals surface area contributed by atoms with E-state index in [1.165, 1.54) is 287 Å². The van der Waals surface area contributed by atoms with Crippen LogP contribution < -0.4 is 21.3 Å². The lowest BCUT2D eigenvalue weighted by molar-refractivity contribution is 0.295. The Bertz CT molecular complexity index is 3420. The predicted octanol–water partition coefficient (Wildman–Crippen LogP) is 20.4. The van der Waals surface area contributed by atoms with Crippen LogP contribution in [-0.2, 0) is 64.2 Å². The molecule has 5 aliphatic rings. The number of aromatic nitrogens is 4. The fraction of sp³-hybridized carbons (Fsp3) is 0.622. The van der Waals surface area contributed by atoms with Crippen LogP contribution in [0.1, 0.15) is 255 Å². The van der Waals surface area contributed by atoms with Crippen molar-refractivity contribution in [2.45, 2.75) is 287 Å². The van der Waals surface area contributed by atoms with E-state index < -0.39 is 0 Å². The molecule has 3 aromatic carbocycles. The fourth-order valence-corrected chi connectivity index (χ4v) is 16.7. The molecule has 4 heterocycles. The Morgan fingerprint density at radius 2 is 0.608 bits per heavy atom. The number of pyridine rings is 4. The number of rotatable bonds is 33. The highest BCUT2D eigenvalue weighted by molar-refractivity contribution is 5.95. The van der Waals surface area contributed by atoms with Crippen LogP contribution in [0.4, 0.5) is 22.7 Å². The molecule has 5 aliphatic carbocycles. The van der Waals surface area contributed by atoms with E-state index in [9.17, 15) is 0 Å². The Balaban J connectivity index is 0.000000158. The van der Waals surface area contributed by atoms with E-state index in [0.29, 0.717) is 24.2 Å². The third-order valence-electron chi connectivity index (χ3n) is 23.1. The van der Waals surface area contributed by atoms with Crippen LogP contribution in [0, 0.1) is 0 Å². The summed E-state index contributed by atoms with van der Waals surface area (Å²) in [5.74, 6) is 0. The number of nitrogens with one attached hydrogen (secondary N) is 4. The van der Waals surface area contributed by atoms with Gasteiger partial charge < -0.3 is 40.9 Å². The van der Waals surface area contributed by atoms with Gasteiger partial charge in [-0.1, -0.05) is 122 Å². The van der Waals surface area contributed by atoms with Crippen molar-refractivity contribution in [3.8, 4) is 11.3 Å². The molecule has 7 aromatic rings. The first-order chi connectivity index (χ1) is 49.9. The normalized spacial score (nSPS) is 15.8. The van der Waals surface area contributed by atoms with Crippen molar-refractivity contribution >= 4 is 44.6 Å². The lowest BCUT2D eigenvalue weighted by Gasteiger charge is -2.29. The number of fused-ring (bicyclic) bond motifs is 7. The van der Waals surface area contributed by atoms with E-state index in [2.05, 4.69) is 203 Å². The van der Waals surface area contributed by atoms with Crippen molar-refractivity contribution in [3.63, 3.8) is 0 Å². The lowest BCUT2D eigenvalue weighted by atomic mass is 9.87. The largest absolute Gasteiger partial charge is 0.382 e. The Hall–Kier alpha value is -6.18. The van der Waals surface area contributed by atoms with Crippen LogP contribution in [0.15, 0.2) is 84.9 Å². The molecule has 4 aromatic heterocycles. The number of benzene rings is 3. The molecule has 3 unspecified atom stereocenters. The Kier molecular flexibility index (Phi) is 33.5. The quantitative estimate of drug-likeness (QED) is 0.0314. The van der Waals surface area contributed by atoms with Gasteiger partial charge in [0.05, 0.1) is 16.7 Å². The first kappa shape index (κ1) is 79.9. The zero-order valence-corrected chi connectivity index (χ0v) is 66.3. The zero-order chi connectivity index (χ0) is 72.0. The fourth-order valence-electron chi connectivity index (χ4n) is 16.7. The second kappa shape index (κ2) is 42.7. The van der Waals surface area contributed by atoms with Gasteiger partial charge in [0.1, 0.15) is 0 Å². The van der Waals surface area contributed by atoms with Gasteiger partial charge in [-0.05, 0) is 332 Å². The highest BCUT2D eigenvalue weighted by atomic mass is 15.1. The molecule has 0 radical (unpaired) electrons. The first-order valence-corrected chi connectivity index (χ1v) is 41.8. The molecule has 12 nitrogen and oxygen atoms in total. The number of aryl methyl sites for hydroxylation is 5. The molecule has 12 heteroatoms. The smallest absolute Gasteiger partial charge is 0.0730 e. The molecular formula is C90H138N12. The predicted molar refractivity (Wildman–Crippen MR) is 441 cm³/mol. The number of anilines is 4. The zero-order valence-electron chi connectivity index (χ0n) is 66.3. The molecular weight excluding hydrogens is 1250 g/mol. The van der Waals surface area contributed by atoms with Gasteiger partial charge in [0.2, 0.25) is 0 Å². The molecule has 0 fully saturated rings. The van der Waals surface area contributed by atoms with Crippen LogP contribution in [0.25, 0.3) is 33.1 Å².